The van der Waals surface area contributed by atoms with Crippen LogP contribution in [0.1, 0.15) is 37.3 Å². The molecule has 108 valence electrons. The molecule has 2 saturated heterocycles. The van der Waals surface area contributed by atoms with E-state index in [2.05, 4.69) is 48.3 Å². The van der Waals surface area contributed by atoms with Crippen LogP contribution in [0, 0.1) is 11.8 Å². The summed E-state index contributed by atoms with van der Waals surface area (Å²) in [6, 6.07) is 8.99. The first kappa shape index (κ1) is 13.6. The summed E-state index contributed by atoms with van der Waals surface area (Å²) in [7, 11) is 0. The summed E-state index contributed by atoms with van der Waals surface area (Å²) in [5, 5.41) is 2.99. The van der Waals surface area contributed by atoms with E-state index in [1.54, 1.807) is 0 Å². The molecule has 0 aliphatic carbocycles. The zero-order chi connectivity index (χ0) is 14.1. The predicted molar refractivity (Wildman–Crippen MR) is 80.4 cm³/mol. The third-order valence-electron chi connectivity index (χ3n) is 4.71. The highest BCUT2D eigenvalue weighted by Gasteiger charge is 2.36. The van der Waals surface area contributed by atoms with Gasteiger partial charge in [-0.25, -0.2) is 0 Å². The molecule has 1 aromatic carbocycles. The van der Waals surface area contributed by atoms with Gasteiger partial charge in [-0.1, -0.05) is 38.1 Å². The molecule has 3 nitrogen and oxygen atoms in total. The Morgan fingerprint density at radius 3 is 2.60 bits per heavy atom. The molecule has 2 aliphatic rings. The van der Waals surface area contributed by atoms with E-state index >= 15 is 0 Å². The molecular formula is C17H24N2O. The molecule has 1 aromatic rings. The minimum Gasteiger partial charge on any atom is -0.356 e. The summed E-state index contributed by atoms with van der Waals surface area (Å²) in [4.78, 5) is 13.9. The van der Waals surface area contributed by atoms with E-state index < -0.39 is 0 Å². The van der Waals surface area contributed by atoms with Crippen LogP contribution in [-0.2, 0) is 11.3 Å². The second-order valence-corrected chi connectivity index (χ2v) is 6.62. The van der Waals surface area contributed by atoms with Crippen LogP contribution in [0.3, 0.4) is 0 Å². The van der Waals surface area contributed by atoms with Crippen molar-refractivity contribution in [3.63, 3.8) is 0 Å². The number of amides is 1. The van der Waals surface area contributed by atoms with Gasteiger partial charge in [0, 0.05) is 32.6 Å². The lowest BCUT2D eigenvalue weighted by molar-refractivity contribution is -0.124. The summed E-state index contributed by atoms with van der Waals surface area (Å²) in [6.07, 6.45) is 0.716. The van der Waals surface area contributed by atoms with Gasteiger partial charge in [0.05, 0.1) is 0 Å². The maximum atomic E-state index is 11.4. The number of carbonyl (C=O) groups excluding carboxylic acids is 1. The van der Waals surface area contributed by atoms with Crippen molar-refractivity contribution >= 4 is 5.91 Å². The molecule has 2 atom stereocenters. The molecule has 0 aromatic heterocycles. The van der Waals surface area contributed by atoms with Gasteiger partial charge in [0.1, 0.15) is 0 Å². The zero-order valence-electron chi connectivity index (χ0n) is 12.4. The van der Waals surface area contributed by atoms with Crippen LogP contribution in [0.25, 0.3) is 0 Å². The number of hydrogen-bond donors (Lipinski definition) is 1. The summed E-state index contributed by atoms with van der Waals surface area (Å²) in [5.41, 5.74) is 2.78. The SMILES string of the molecule is CC(C)c1ccc(CN2C[C@H]3CNC(=O)C[C@H]3C2)cc1. The number of hydrogen-bond acceptors (Lipinski definition) is 2. The summed E-state index contributed by atoms with van der Waals surface area (Å²) in [5.74, 6) is 2.05. The van der Waals surface area contributed by atoms with Gasteiger partial charge in [0.2, 0.25) is 5.91 Å². The average molecular weight is 272 g/mol. The normalized spacial score (nSPS) is 26.6. The van der Waals surface area contributed by atoms with E-state index in [9.17, 15) is 4.79 Å². The van der Waals surface area contributed by atoms with Gasteiger partial charge >= 0.3 is 0 Å². The van der Waals surface area contributed by atoms with Crippen molar-refractivity contribution < 1.29 is 4.79 Å². The van der Waals surface area contributed by atoms with Crippen molar-refractivity contribution in [3.8, 4) is 0 Å². The Kier molecular flexibility index (Phi) is 3.79. The Morgan fingerprint density at radius 1 is 1.20 bits per heavy atom. The Labute approximate surface area is 121 Å². The highest BCUT2D eigenvalue weighted by atomic mass is 16.1. The largest absolute Gasteiger partial charge is 0.356 e. The van der Waals surface area contributed by atoms with E-state index in [1.165, 1.54) is 11.1 Å². The molecule has 0 bridgehead atoms. The predicted octanol–water partition coefficient (Wildman–Crippen LogP) is 2.38. The molecule has 0 spiro atoms. The number of nitrogens with one attached hydrogen (secondary N) is 1. The quantitative estimate of drug-likeness (QED) is 0.916. The Morgan fingerprint density at radius 2 is 1.90 bits per heavy atom. The van der Waals surface area contributed by atoms with E-state index in [1.807, 2.05) is 0 Å². The zero-order valence-corrected chi connectivity index (χ0v) is 12.4. The second kappa shape index (κ2) is 5.57. The highest BCUT2D eigenvalue weighted by molar-refractivity contribution is 5.77. The molecule has 0 saturated carbocycles. The van der Waals surface area contributed by atoms with Crippen LogP contribution in [-0.4, -0.2) is 30.4 Å². The fourth-order valence-electron chi connectivity index (χ4n) is 3.45. The van der Waals surface area contributed by atoms with Gasteiger partial charge in [-0.2, -0.15) is 0 Å². The van der Waals surface area contributed by atoms with Crippen LogP contribution in [0.5, 0.6) is 0 Å². The lowest BCUT2D eigenvalue weighted by Crippen LogP contribution is -2.39. The molecule has 0 radical (unpaired) electrons. The van der Waals surface area contributed by atoms with Crippen molar-refractivity contribution in [1.29, 1.82) is 0 Å². The number of carbonyl (C=O) groups is 1. The second-order valence-electron chi connectivity index (χ2n) is 6.62. The van der Waals surface area contributed by atoms with E-state index in [0.29, 0.717) is 24.2 Å². The Bertz CT molecular complexity index is 480. The molecule has 3 heteroatoms. The van der Waals surface area contributed by atoms with Crippen molar-refractivity contribution in [2.75, 3.05) is 19.6 Å². The number of fused-ring (bicyclic) bond motifs is 1. The third-order valence-corrected chi connectivity index (χ3v) is 4.71. The fourth-order valence-corrected chi connectivity index (χ4v) is 3.45. The lowest BCUT2D eigenvalue weighted by Gasteiger charge is -2.23. The van der Waals surface area contributed by atoms with Gasteiger partial charge in [0.15, 0.2) is 0 Å². The van der Waals surface area contributed by atoms with Crippen molar-refractivity contribution in [3.05, 3.63) is 35.4 Å². The van der Waals surface area contributed by atoms with Crippen LogP contribution < -0.4 is 5.32 Å². The van der Waals surface area contributed by atoms with Crippen molar-refractivity contribution in [2.24, 2.45) is 11.8 Å². The van der Waals surface area contributed by atoms with Crippen molar-refractivity contribution in [1.82, 2.24) is 10.2 Å². The molecule has 1 N–H and O–H groups in total. The van der Waals surface area contributed by atoms with E-state index in [4.69, 9.17) is 0 Å². The number of nitrogens with zero attached hydrogens (tertiary/aromatic N) is 1. The van der Waals surface area contributed by atoms with Gasteiger partial charge < -0.3 is 5.32 Å². The van der Waals surface area contributed by atoms with Gasteiger partial charge in [0.25, 0.3) is 0 Å². The van der Waals surface area contributed by atoms with Gasteiger partial charge in [-0.3, -0.25) is 9.69 Å². The molecule has 2 heterocycles. The minimum absolute atomic E-state index is 0.231. The Hall–Kier alpha value is -1.35. The topological polar surface area (TPSA) is 32.3 Å². The first-order valence-corrected chi connectivity index (χ1v) is 7.69. The molecule has 1 amide bonds. The molecule has 2 fully saturated rings. The van der Waals surface area contributed by atoms with Crippen LogP contribution in [0.2, 0.25) is 0 Å². The Balaban J connectivity index is 1.60. The average Bonchev–Trinajstić information content (AvgIpc) is 2.80. The first-order chi connectivity index (χ1) is 9.61. The number of benzene rings is 1. The molecule has 0 unspecified atom stereocenters. The summed E-state index contributed by atoms with van der Waals surface area (Å²) < 4.78 is 0. The number of piperidine rings is 1. The molecule has 3 rings (SSSR count). The monoisotopic (exact) mass is 272 g/mol. The maximum Gasteiger partial charge on any atom is 0.220 e. The molecule has 20 heavy (non-hydrogen) atoms. The minimum atomic E-state index is 0.231. The van der Waals surface area contributed by atoms with Gasteiger partial charge in [-0.05, 0) is 28.9 Å². The number of likely N-dealkylation sites (tertiary alicyclic amines) is 1. The fraction of sp³-hybridized carbons (Fsp3) is 0.588. The standard InChI is InChI=1S/C17H24N2O/c1-12(2)14-5-3-13(4-6-14)9-19-10-15-7-17(20)18-8-16(15)11-19/h3-6,12,15-16H,7-11H2,1-2H3,(H,18,20)/t15-,16+/m0/s1. The molecular weight excluding hydrogens is 248 g/mol. The first-order valence-electron chi connectivity index (χ1n) is 7.69. The summed E-state index contributed by atoms with van der Waals surface area (Å²) in [6.45, 7) is 8.53. The summed E-state index contributed by atoms with van der Waals surface area (Å²) >= 11 is 0. The van der Waals surface area contributed by atoms with E-state index in [0.717, 1.165) is 26.2 Å². The maximum absolute atomic E-state index is 11.4. The lowest BCUT2D eigenvalue weighted by atomic mass is 9.89. The van der Waals surface area contributed by atoms with E-state index in [-0.39, 0.29) is 5.91 Å². The van der Waals surface area contributed by atoms with Crippen LogP contribution >= 0.6 is 0 Å². The van der Waals surface area contributed by atoms with Crippen LogP contribution in [0.15, 0.2) is 24.3 Å². The van der Waals surface area contributed by atoms with Crippen LogP contribution in [0.4, 0.5) is 0 Å². The number of rotatable bonds is 3. The third kappa shape index (κ3) is 2.88. The smallest absolute Gasteiger partial charge is 0.220 e. The van der Waals surface area contributed by atoms with Crippen molar-refractivity contribution in [2.45, 2.75) is 32.7 Å². The highest BCUT2D eigenvalue weighted by Crippen LogP contribution is 2.29. The molecule has 2 aliphatic heterocycles. The van der Waals surface area contributed by atoms with Gasteiger partial charge in [-0.15, -0.1) is 0 Å².